The third kappa shape index (κ3) is 4.74. The van der Waals surface area contributed by atoms with Gasteiger partial charge in [0, 0.05) is 31.1 Å². The van der Waals surface area contributed by atoms with E-state index in [-0.39, 0.29) is 0 Å². The number of methoxy groups -OCH3 is 1. The first-order valence-electron chi connectivity index (χ1n) is 6.37. The summed E-state index contributed by atoms with van der Waals surface area (Å²) in [5, 5.41) is 4.75. The van der Waals surface area contributed by atoms with Gasteiger partial charge in [-0.25, -0.2) is 4.98 Å². The van der Waals surface area contributed by atoms with Gasteiger partial charge in [0.2, 0.25) is 0 Å². The van der Waals surface area contributed by atoms with Gasteiger partial charge in [-0.3, -0.25) is 0 Å². The molecule has 4 heteroatoms. The van der Waals surface area contributed by atoms with Crippen LogP contribution in [0.3, 0.4) is 0 Å². The molecule has 0 aromatic carbocycles. The average molecular weight is 256 g/mol. The van der Waals surface area contributed by atoms with Crippen LogP contribution in [0.1, 0.15) is 48.3 Å². The van der Waals surface area contributed by atoms with Crippen LogP contribution in [-0.4, -0.2) is 25.2 Å². The van der Waals surface area contributed by atoms with Crippen molar-refractivity contribution in [2.75, 3.05) is 20.3 Å². The molecule has 0 aliphatic heterocycles. The van der Waals surface area contributed by atoms with Gasteiger partial charge in [0.25, 0.3) is 0 Å². The number of nitrogens with zero attached hydrogens (tertiary/aromatic N) is 1. The SMILES string of the molecule is CCCNC(C)c1sc(CCCOC)nc1C. The molecular weight excluding hydrogens is 232 g/mol. The fourth-order valence-electron chi connectivity index (χ4n) is 1.80. The second-order valence-electron chi connectivity index (χ2n) is 4.33. The summed E-state index contributed by atoms with van der Waals surface area (Å²) >= 11 is 1.84. The molecule has 0 saturated carbocycles. The normalized spacial score (nSPS) is 12.9. The Labute approximate surface area is 109 Å². The standard InChI is InChI=1S/C13H24N2OS/c1-5-8-14-10(2)13-11(3)15-12(17-13)7-6-9-16-4/h10,14H,5-9H2,1-4H3. The minimum absolute atomic E-state index is 0.420. The van der Waals surface area contributed by atoms with Gasteiger partial charge in [0.05, 0.1) is 10.7 Å². The number of ether oxygens (including phenoxy) is 1. The monoisotopic (exact) mass is 256 g/mol. The van der Waals surface area contributed by atoms with Gasteiger partial charge in [-0.05, 0) is 33.2 Å². The lowest BCUT2D eigenvalue weighted by molar-refractivity contribution is 0.195. The topological polar surface area (TPSA) is 34.1 Å². The lowest BCUT2D eigenvalue weighted by atomic mass is 10.2. The van der Waals surface area contributed by atoms with Crippen molar-refractivity contribution in [2.45, 2.75) is 46.1 Å². The van der Waals surface area contributed by atoms with Crippen molar-refractivity contribution in [3.63, 3.8) is 0 Å². The van der Waals surface area contributed by atoms with E-state index < -0.39 is 0 Å². The Morgan fingerprint density at radius 3 is 2.88 bits per heavy atom. The third-order valence-electron chi connectivity index (χ3n) is 2.71. The number of aromatic nitrogens is 1. The lowest BCUT2D eigenvalue weighted by Crippen LogP contribution is -2.18. The number of hydrogen-bond donors (Lipinski definition) is 1. The van der Waals surface area contributed by atoms with E-state index in [0.29, 0.717) is 6.04 Å². The summed E-state index contributed by atoms with van der Waals surface area (Å²) in [7, 11) is 1.75. The van der Waals surface area contributed by atoms with Crippen LogP contribution in [0.2, 0.25) is 0 Å². The number of aryl methyl sites for hydroxylation is 2. The van der Waals surface area contributed by atoms with Crippen molar-refractivity contribution < 1.29 is 4.74 Å². The summed E-state index contributed by atoms with van der Waals surface area (Å²) in [6.07, 6.45) is 3.25. The Hall–Kier alpha value is -0.450. The molecule has 1 heterocycles. The molecule has 0 fully saturated rings. The largest absolute Gasteiger partial charge is 0.385 e. The second-order valence-corrected chi connectivity index (χ2v) is 5.44. The Kier molecular flexibility index (Phi) is 6.70. The van der Waals surface area contributed by atoms with E-state index in [1.165, 1.54) is 22.0 Å². The van der Waals surface area contributed by atoms with E-state index in [1.54, 1.807) is 7.11 Å². The summed E-state index contributed by atoms with van der Waals surface area (Å²) in [6.45, 7) is 8.40. The van der Waals surface area contributed by atoms with Gasteiger partial charge >= 0.3 is 0 Å². The molecule has 0 spiro atoms. The summed E-state index contributed by atoms with van der Waals surface area (Å²) in [5.74, 6) is 0. The predicted octanol–water partition coefficient (Wildman–Crippen LogP) is 3.09. The van der Waals surface area contributed by atoms with Crippen LogP contribution in [0.15, 0.2) is 0 Å². The van der Waals surface area contributed by atoms with Gasteiger partial charge in [-0.2, -0.15) is 0 Å². The molecule has 0 amide bonds. The van der Waals surface area contributed by atoms with Crippen molar-refractivity contribution >= 4 is 11.3 Å². The Morgan fingerprint density at radius 2 is 2.24 bits per heavy atom. The highest BCUT2D eigenvalue weighted by atomic mass is 32.1. The maximum Gasteiger partial charge on any atom is 0.0932 e. The molecular formula is C13H24N2OS. The predicted molar refractivity (Wildman–Crippen MR) is 73.8 cm³/mol. The number of nitrogens with one attached hydrogen (secondary N) is 1. The maximum absolute atomic E-state index is 5.07. The zero-order valence-electron chi connectivity index (χ0n) is 11.4. The Bertz CT molecular complexity index is 325. The quantitative estimate of drug-likeness (QED) is 0.726. The minimum atomic E-state index is 0.420. The zero-order chi connectivity index (χ0) is 12.7. The van der Waals surface area contributed by atoms with E-state index in [1.807, 2.05) is 11.3 Å². The highest BCUT2D eigenvalue weighted by molar-refractivity contribution is 7.11. The fourth-order valence-corrected chi connectivity index (χ4v) is 2.93. The summed E-state index contributed by atoms with van der Waals surface area (Å²) in [4.78, 5) is 6.01. The number of rotatable bonds is 8. The first kappa shape index (κ1) is 14.6. The van der Waals surface area contributed by atoms with Crippen molar-refractivity contribution in [3.05, 3.63) is 15.6 Å². The molecule has 3 nitrogen and oxygen atoms in total. The van der Waals surface area contributed by atoms with Crippen LogP contribution in [0, 0.1) is 6.92 Å². The molecule has 1 aromatic rings. The number of thiazole rings is 1. The van der Waals surface area contributed by atoms with E-state index in [2.05, 4.69) is 31.1 Å². The smallest absolute Gasteiger partial charge is 0.0932 e. The van der Waals surface area contributed by atoms with Gasteiger partial charge in [0.1, 0.15) is 0 Å². The molecule has 17 heavy (non-hydrogen) atoms. The molecule has 0 aliphatic carbocycles. The van der Waals surface area contributed by atoms with Gasteiger partial charge < -0.3 is 10.1 Å². The second kappa shape index (κ2) is 7.80. The van der Waals surface area contributed by atoms with Crippen LogP contribution in [0.25, 0.3) is 0 Å². The van der Waals surface area contributed by atoms with Crippen LogP contribution >= 0.6 is 11.3 Å². The average Bonchev–Trinajstić information content (AvgIpc) is 2.68. The van der Waals surface area contributed by atoms with Crippen LogP contribution < -0.4 is 5.32 Å². The fraction of sp³-hybridized carbons (Fsp3) is 0.769. The summed E-state index contributed by atoms with van der Waals surface area (Å²) in [6, 6.07) is 0.420. The van der Waals surface area contributed by atoms with Crippen molar-refractivity contribution in [1.82, 2.24) is 10.3 Å². The summed E-state index contributed by atoms with van der Waals surface area (Å²) in [5.41, 5.74) is 1.18. The van der Waals surface area contributed by atoms with E-state index in [9.17, 15) is 0 Å². The van der Waals surface area contributed by atoms with Gasteiger partial charge in [-0.1, -0.05) is 6.92 Å². The molecule has 0 radical (unpaired) electrons. The summed E-state index contributed by atoms with van der Waals surface area (Å²) < 4.78 is 5.07. The zero-order valence-corrected chi connectivity index (χ0v) is 12.2. The molecule has 0 saturated heterocycles. The molecule has 0 bridgehead atoms. The molecule has 1 aromatic heterocycles. The van der Waals surface area contributed by atoms with Crippen LogP contribution in [0.4, 0.5) is 0 Å². The molecule has 0 aliphatic rings. The first-order chi connectivity index (χ1) is 8.19. The van der Waals surface area contributed by atoms with Crippen molar-refractivity contribution in [3.8, 4) is 0 Å². The Morgan fingerprint density at radius 1 is 1.47 bits per heavy atom. The molecule has 1 rings (SSSR count). The van der Waals surface area contributed by atoms with Crippen LogP contribution in [0.5, 0.6) is 0 Å². The molecule has 1 atom stereocenters. The third-order valence-corrected chi connectivity index (χ3v) is 4.11. The molecule has 1 unspecified atom stereocenters. The van der Waals surface area contributed by atoms with Crippen molar-refractivity contribution in [1.29, 1.82) is 0 Å². The van der Waals surface area contributed by atoms with Gasteiger partial charge in [-0.15, -0.1) is 11.3 Å². The highest BCUT2D eigenvalue weighted by Gasteiger charge is 2.13. The minimum Gasteiger partial charge on any atom is -0.385 e. The Balaban J connectivity index is 2.54. The molecule has 98 valence electrons. The highest BCUT2D eigenvalue weighted by Crippen LogP contribution is 2.25. The van der Waals surface area contributed by atoms with Gasteiger partial charge in [0.15, 0.2) is 0 Å². The van der Waals surface area contributed by atoms with Crippen molar-refractivity contribution in [2.24, 2.45) is 0 Å². The number of hydrogen-bond acceptors (Lipinski definition) is 4. The van der Waals surface area contributed by atoms with E-state index in [4.69, 9.17) is 4.74 Å². The lowest BCUT2D eigenvalue weighted by Gasteiger charge is -2.11. The van der Waals surface area contributed by atoms with E-state index >= 15 is 0 Å². The molecule has 1 N–H and O–H groups in total. The van der Waals surface area contributed by atoms with E-state index in [0.717, 1.165) is 26.0 Å². The maximum atomic E-state index is 5.07. The van der Waals surface area contributed by atoms with Crippen LogP contribution in [-0.2, 0) is 11.2 Å². The first-order valence-corrected chi connectivity index (χ1v) is 7.19.